The maximum absolute atomic E-state index is 6.11. The van der Waals surface area contributed by atoms with E-state index in [4.69, 9.17) is 5.73 Å². The van der Waals surface area contributed by atoms with Crippen LogP contribution in [0, 0.1) is 0 Å². The first-order valence-electron chi connectivity index (χ1n) is 12.4. The second kappa shape index (κ2) is 9.99. The van der Waals surface area contributed by atoms with Crippen LogP contribution in [0.2, 0.25) is 0 Å². The zero-order chi connectivity index (χ0) is 23.5. The van der Waals surface area contributed by atoms with Crippen LogP contribution in [0.1, 0.15) is 37.3 Å². The summed E-state index contributed by atoms with van der Waals surface area (Å²) in [4.78, 5) is 11.6. The maximum Gasteiger partial charge on any atom is 0.222 e. The molecule has 0 aliphatic carbocycles. The summed E-state index contributed by atoms with van der Waals surface area (Å²) < 4.78 is 2.33. The molecule has 34 heavy (non-hydrogen) atoms. The Morgan fingerprint density at radius 2 is 1.94 bits per heavy atom. The largest absolute Gasteiger partial charge is 0.368 e. The number of aromatic nitrogens is 3. The Balaban J connectivity index is 1.48. The summed E-state index contributed by atoms with van der Waals surface area (Å²) in [5.41, 5.74) is 11.8. The highest BCUT2D eigenvalue weighted by molar-refractivity contribution is 6.09. The van der Waals surface area contributed by atoms with Crippen molar-refractivity contribution in [1.29, 1.82) is 0 Å². The van der Waals surface area contributed by atoms with Crippen LogP contribution in [0.5, 0.6) is 0 Å². The predicted octanol–water partition coefficient (Wildman–Crippen LogP) is 4.22. The molecule has 0 saturated carbocycles. The molecule has 5 rings (SSSR count). The molecule has 0 spiro atoms. The van der Waals surface area contributed by atoms with Gasteiger partial charge in [-0.05, 0) is 43.6 Å². The quantitative estimate of drug-likeness (QED) is 0.326. The van der Waals surface area contributed by atoms with Crippen molar-refractivity contribution in [3.63, 3.8) is 0 Å². The Morgan fingerprint density at radius 1 is 1.09 bits per heavy atom. The highest BCUT2D eigenvalue weighted by Gasteiger charge is 2.19. The second-order valence-corrected chi connectivity index (χ2v) is 9.46. The zero-order valence-corrected chi connectivity index (χ0v) is 20.2. The Morgan fingerprint density at radius 3 is 2.76 bits per heavy atom. The lowest BCUT2D eigenvalue weighted by Gasteiger charge is -2.15. The lowest BCUT2D eigenvalue weighted by molar-refractivity contribution is 0.397. The number of para-hydroxylation sites is 1. The maximum atomic E-state index is 6.11. The van der Waals surface area contributed by atoms with Gasteiger partial charge in [-0.1, -0.05) is 55.8 Å². The third-order valence-electron chi connectivity index (χ3n) is 6.76. The number of nitrogens with two attached hydrogens (primary N) is 1. The van der Waals surface area contributed by atoms with E-state index in [0.717, 1.165) is 66.8 Å². The monoisotopic (exact) mass is 457 g/mol. The number of hydrogen-bond donors (Lipinski definition) is 3. The Labute approximate surface area is 201 Å². The molecule has 2 aromatic heterocycles. The van der Waals surface area contributed by atoms with E-state index in [1.807, 2.05) is 0 Å². The number of anilines is 2. The molecule has 0 amide bonds. The molecule has 1 atom stereocenters. The summed E-state index contributed by atoms with van der Waals surface area (Å²) in [6.07, 6.45) is 3.42. The van der Waals surface area contributed by atoms with E-state index in [-0.39, 0.29) is 0 Å². The van der Waals surface area contributed by atoms with E-state index < -0.39 is 0 Å². The van der Waals surface area contributed by atoms with Gasteiger partial charge in [0.25, 0.3) is 0 Å². The number of hydrogen-bond acceptors (Lipinski definition) is 6. The van der Waals surface area contributed by atoms with Crippen molar-refractivity contribution in [3.05, 3.63) is 59.7 Å². The lowest BCUT2D eigenvalue weighted by atomic mass is 10.1. The summed E-state index contributed by atoms with van der Waals surface area (Å²) >= 11 is 0. The van der Waals surface area contributed by atoms with Crippen molar-refractivity contribution < 1.29 is 0 Å². The summed E-state index contributed by atoms with van der Waals surface area (Å²) in [6.45, 7) is 6.99. The van der Waals surface area contributed by atoms with Gasteiger partial charge in [0.1, 0.15) is 11.0 Å². The number of nitrogens with one attached hydrogen (secondary N) is 2. The molecule has 1 aliphatic heterocycles. The number of benzene rings is 2. The van der Waals surface area contributed by atoms with Crippen LogP contribution in [-0.2, 0) is 13.1 Å². The number of nitrogens with zero attached hydrogens (tertiary/aromatic N) is 4. The topological polar surface area (TPSA) is 84.0 Å². The Bertz CT molecular complexity index is 1280. The third-order valence-corrected chi connectivity index (χ3v) is 6.76. The fourth-order valence-electron chi connectivity index (χ4n) is 5.00. The third kappa shape index (κ3) is 4.72. The van der Waals surface area contributed by atoms with E-state index in [0.29, 0.717) is 12.0 Å². The number of nitrogen functional groups attached to an aromatic ring is 1. The first kappa shape index (κ1) is 22.6. The average molecular weight is 458 g/mol. The van der Waals surface area contributed by atoms with Gasteiger partial charge in [-0.15, -0.1) is 0 Å². The number of likely N-dealkylation sites (N-methyl/N-ethyl adjacent to an activating group) is 1. The van der Waals surface area contributed by atoms with Crippen LogP contribution in [0.15, 0.2) is 48.5 Å². The molecule has 1 fully saturated rings. The van der Waals surface area contributed by atoms with Gasteiger partial charge >= 0.3 is 0 Å². The van der Waals surface area contributed by atoms with E-state index in [9.17, 15) is 0 Å². The second-order valence-electron chi connectivity index (χ2n) is 9.46. The van der Waals surface area contributed by atoms with E-state index in [1.165, 1.54) is 24.1 Å². The number of unbranched alkanes of at least 4 members (excludes halogenated alkanes) is 1. The molecule has 2 aromatic carbocycles. The van der Waals surface area contributed by atoms with Crippen molar-refractivity contribution in [2.24, 2.45) is 0 Å². The minimum atomic E-state index is 0.306. The highest BCUT2D eigenvalue weighted by Crippen LogP contribution is 2.33. The smallest absolute Gasteiger partial charge is 0.222 e. The Hall–Kier alpha value is -3.16. The number of likely N-dealkylation sites (tertiary alicyclic amines) is 1. The first-order chi connectivity index (χ1) is 16.6. The summed E-state index contributed by atoms with van der Waals surface area (Å²) in [7, 11) is 2.19. The fourth-order valence-corrected chi connectivity index (χ4v) is 5.00. The van der Waals surface area contributed by atoms with Crippen molar-refractivity contribution in [2.75, 3.05) is 37.7 Å². The summed E-state index contributed by atoms with van der Waals surface area (Å²) in [6, 6.07) is 17.9. The molecule has 0 bridgehead atoms. The molecule has 1 saturated heterocycles. The molecular formula is C27H35N7. The van der Waals surface area contributed by atoms with Crippen LogP contribution < -0.4 is 16.4 Å². The fraction of sp³-hybridized carbons (Fsp3) is 0.407. The zero-order valence-electron chi connectivity index (χ0n) is 20.2. The van der Waals surface area contributed by atoms with Crippen LogP contribution in [0.4, 0.5) is 11.8 Å². The van der Waals surface area contributed by atoms with Crippen molar-refractivity contribution in [1.82, 2.24) is 24.8 Å². The van der Waals surface area contributed by atoms with Gasteiger partial charge < -0.3 is 25.8 Å². The minimum absolute atomic E-state index is 0.306. The molecule has 7 heteroatoms. The van der Waals surface area contributed by atoms with Crippen LogP contribution in [-0.4, -0.2) is 52.2 Å². The first-order valence-corrected chi connectivity index (χ1v) is 12.4. The normalized spacial score (nSPS) is 16.6. The van der Waals surface area contributed by atoms with Gasteiger partial charge in [0.2, 0.25) is 5.95 Å². The molecule has 1 unspecified atom stereocenters. The van der Waals surface area contributed by atoms with E-state index in [1.54, 1.807) is 0 Å². The van der Waals surface area contributed by atoms with Gasteiger partial charge in [-0.2, -0.15) is 4.98 Å². The molecule has 0 radical (unpaired) electrons. The predicted molar refractivity (Wildman–Crippen MR) is 141 cm³/mol. The molecule has 3 heterocycles. The molecule has 4 N–H and O–H groups in total. The molecule has 7 nitrogen and oxygen atoms in total. The molecule has 178 valence electrons. The van der Waals surface area contributed by atoms with Crippen molar-refractivity contribution in [2.45, 2.75) is 45.3 Å². The van der Waals surface area contributed by atoms with Gasteiger partial charge in [-0.25, -0.2) is 4.98 Å². The summed E-state index contributed by atoms with van der Waals surface area (Å²) in [5.74, 6) is 1.12. The minimum Gasteiger partial charge on any atom is -0.368 e. The summed E-state index contributed by atoms with van der Waals surface area (Å²) in [5, 5.41) is 8.35. The van der Waals surface area contributed by atoms with Crippen LogP contribution in [0.3, 0.4) is 0 Å². The standard InChI is InChI=1S/C27H35N7/c1-3-4-13-29-26-25-24(31-27(28)32-26)22-10-5-6-11-23(22)34(25)17-20-9-7-8-19(15-20)16-30-21-12-14-33(2)18-21/h5-11,15,21,30H,3-4,12-14,16-18H2,1-2H3,(H3,28,29,31,32). The molecule has 4 aromatic rings. The van der Waals surface area contributed by atoms with E-state index in [2.05, 4.69) is 92.6 Å². The van der Waals surface area contributed by atoms with Crippen molar-refractivity contribution >= 4 is 33.7 Å². The molecule has 1 aliphatic rings. The lowest BCUT2D eigenvalue weighted by Crippen LogP contribution is -2.30. The van der Waals surface area contributed by atoms with Gasteiger partial charge in [-0.3, -0.25) is 0 Å². The Kier molecular flexibility index (Phi) is 6.65. The van der Waals surface area contributed by atoms with Gasteiger partial charge in [0.15, 0.2) is 5.82 Å². The SMILES string of the molecule is CCCCNc1nc(N)nc2c3ccccc3n(Cc3cccc(CNC4CCN(C)C4)c3)c12. The van der Waals surface area contributed by atoms with Gasteiger partial charge in [0, 0.05) is 37.6 Å². The highest BCUT2D eigenvalue weighted by atomic mass is 15.2. The van der Waals surface area contributed by atoms with Crippen molar-refractivity contribution in [3.8, 4) is 0 Å². The van der Waals surface area contributed by atoms with E-state index >= 15 is 0 Å². The molecular weight excluding hydrogens is 422 g/mol. The van der Waals surface area contributed by atoms with Crippen LogP contribution in [0.25, 0.3) is 21.9 Å². The van der Waals surface area contributed by atoms with Crippen LogP contribution >= 0.6 is 0 Å². The average Bonchev–Trinajstić information content (AvgIpc) is 3.39. The number of fused-ring (bicyclic) bond motifs is 3. The number of rotatable bonds is 9. The van der Waals surface area contributed by atoms with Gasteiger partial charge in [0.05, 0.1) is 5.52 Å².